The Morgan fingerprint density at radius 1 is 0.833 bits per heavy atom. The molecule has 1 heteroatoms. The van der Waals surface area contributed by atoms with Gasteiger partial charge in [-0.05, 0) is 29.9 Å². The molecule has 0 saturated carbocycles. The molecule has 0 radical (unpaired) electrons. The minimum absolute atomic E-state index is 0. The van der Waals surface area contributed by atoms with E-state index in [0.29, 0.717) is 0 Å². The van der Waals surface area contributed by atoms with Crippen LogP contribution in [-0.4, -0.2) is 6.16 Å². The summed E-state index contributed by atoms with van der Waals surface area (Å²) in [5, 5.41) is 1.58. The molecule has 1 heterocycles. The van der Waals surface area contributed by atoms with Crippen molar-refractivity contribution in [1.29, 1.82) is 0 Å². The van der Waals surface area contributed by atoms with Crippen LogP contribution in [0.2, 0.25) is 0 Å². The zero-order chi connectivity index (χ0) is 11.5. The van der Waals surface area contributed by atoms with Crippen molar-refractivity contribution in [3.63, 3.8) is 0 Å². The first-order valence-electron chi connectivity index (χ1n) is 6.32. The van der Waals surface area contributed by atoms with Crippen molar-refractivity contribution in [3.8, 4) is 0 Å². The first-order valence-corrected chi connectivity index (χ1v) is 7.91. The molecule has 0 spiro atoms. The zero-order valence-electron chi connectivity index (χ0n) is 9.92. The van der Waals surface area contributed by atoms with Gasteiger partial charge in [0.05, 0.1) is 0 Å². The molecule has 2 unspecified atom stereocenters. The Bertz CT molecular complexity index is 418. The van der Waals surface area contributed by atoms with Gasteiger partial charge in [0.25, 0.3) is 0 Å². The number of hydrogen-bond donors (Lipinski definition) is 0. The third-order valence-corrected chi connectivity index (χ3v) is 6.59. The van der Waals surface area contributed by atoms with Gasteiger partial charge in [-0.25, -0.2) is 0 Å². The van der Waals surface area contributed by atoms with Gasteiger partial charge >= 0.3 is 0 Å². The molecule has 0 amide bonds. The van der Waals surface area contributed by atoms with E-state index < -0.39 is 0 Å². The molecule has 0 aliphatic carbocycles. The molecule has 0 aromatic heterocycles. The lowest BCUT2D eigenvalue weighted by Crippen LogP contribution is -2.04. The molecule has 2 atom stereocenters. The molecule has 0 nitrogen and oxygen atoms in total. The maximum absolute atomic E-state index is 2.31. The van der Waals surface area contributed by atoms with Gasteiger partial charge in [-0.1, -0.05) is 76.0 Å². The summed E-state index contributed by atoms with van der Waals surface area (Å²) in [6.45, 7) is 0. The predicted octanol–water partition coefficient (Wildman–Crippen LogP) is 4.97. The summed E-state index contributed by atoms with van der Waals surface area (Å²) in [6, 6.07) is 22.2. The highest BCUT2D eigenvalue weighted by Gasteiger charge is 2.28. The molecule has 2 aromatic rings. The van der Waals surface area contributed by atoms with Gasteiger partial charge in [0.1, 0.15) is 0 Å². The standard InChI is InChI=1S/C16H17P.CH4/c1-3-8-14(9-4-1)16-12-7-13-17(16)15-10-5-2-6-11-15;/h1-6,8-11,16H,7,12-13H2;1H4. The summed E-state index contributed by atoms with van der Waals surface area (Å²) >= 11 is 0. The van der Waals surface area contributed by atoms with Crippen LogP contribution in [0.3, 0.4) is 0 Å². The van der Waals surface area contributed by atoms with E-state index in [-0.39, 0.29) is 15.3 Å². The third kappa shape index (κ3) is 2.65. The summed E-state index contributed by atoms with van der Waals surface area (Å²) < 4.78 is 0. The number of benzene rings is 2. The van der Waals surface area contributed by atoms with Gasteiger partial charge in [0.2, 0.25) is 0 Å². The number of rotatable bonds is 2. The fraction of sp³-hybridized carbons (Fsp3) is 0.294. The van der Waals surface area contributed by atoms with Gasteiger partial charge in [0.15, 0.2) is 0 Å². The summed E-state index contributed by atoms with van der Waals surface area (Å²) in [4.78, 5) is 0. The zero-order valence-corrected chi connectivity index (χ0v) is 10.8. The van der Waals surface area contributed by atoms with Crippen LogP contribution in [0.15, 0.2) is 60.7 Å². The highest BCUT2D eigenvalue weighted by molar-refractivity contribution is 7.66. The second kappa shape index (κ2) is 6.16. The van der Waals surface area contributed by atoms with Crippen molar-refractivity contribution in [2.45, 2.75) is 25.9 Å². The van der Waals surface area contributed by atoms with E-state index in [1.165, 1.54) is 19.0 Å². The van der Waals surface area contributed by atoms with Crippen LogP contribution >= 0.6 is 7.92 Å². The van der Waals surface area contributed by atoms with E-state index in [4.69, 9.17) is 0 Å². The maximum atomic E-state index is 2.31. The second-order valence-corrected chi connectivity index (χ2v) is 7.12. The SMILES string of the molecule is C.c1ccc(C2CCCP2c2ccccc2)cc1. The molecule has 2 aromatic carbocycles. The van der Waals surface area contributed by atoms with Gasteiger partial charge in [-0.3, -0.25) is 0 Å². The topological polar surface area (TPSA) is 0 Å². The van der Waals surface area contributed by atoms with Crippen LogP contribution in [0.25, 0.3) is 0 Å². The molecular formula is C17H21P. The average molecular weight is 256 g/mol. The van der Waals surface area contributed by atoms with E-state index >= 15 is 0 Å². The van der Waals surface area contributed by atoms with Gasteiger partial charge in [-0.2, -0.15) is 0 Å². The van der Waals surface area contributed by atoms with E-state index in [9.17, 15) is 0 Å². The largest absolute Gasteiger partial charge is 0.0776 e. The van der Waals surface area contributed by atoms with Crippen molar-refractivity contribution in [2.24, 2.45) is 0 Å². The van der Waals surface area contributed by atoms with Crippen LogP contribution in [0, 0.1) is 0 Å². The quantitative estimate of drug-likeness (QED) is 0.666. The molecular weight excluding hydrogens is 235 g/mol. The van der Waals surface area contributed by atoms with E-state index in [1.807, 2.05) is 0 Å². The van der Waals surface area contributed by atoms with Crippen molar-refractivity contribution < 1.29 is 0 Å². The fourth-order valence-electron chi connectivity index (χ4n) is 2.72. The Morgan fingerprint density at radius 2 is 1.44 bits per heavy atom. The molecule has 18 heavy (non-hydrogen) atoms. The third-order valence-electron chi connectivity index (χ3n) is 3.52. The Hall–Kier alpha value is -1.13. The summed E-state index contributed by atoms with van der Waals surface area (Å²) in [6.07, 6.45) is 4.16. The maximum Gasteiger partial charge on any atom is 0.00820 e. The Labute approximate surface area is 112 Å². The Balaban J connectivity index is 0.00000120. The van der Waals surface area contributed by atoms with Crippen LogP contribution in [0.1, 0.15) is 31.5 Å². The van der Waals surface area contributed by atoms with Crippen molar-refractivity contribution in [3.05, 3.63) is 66.2 Å². The highest BCUT2D eigenvalue weighted by Crippen LogP contribution is 2.58. The number of hydrogen-bond acceptors (Lipinski definition) is 0. The van der Waals surface area contributed by atoms with E-state index in [1.54, 1.807) is 10.9 Å². The molecule has 0 N–H and O–H groups in total. The Morgan fingerprint density at radius 3 is 2.11 bits per heavy atom. The van der Waals surface area contributed by atoms with Gasteiger partial charge in [0, 0.05) is 5.66 Å². The summed E-state index contributed by atoms with van der Waals surface area (Å²) in [5.74, 6) is 0. The lowest BCUT2D eigenvalue weighted by molar-refractivity contribution is 0.827. The lowest BCUT2D eigenvalue weighted by atomic mass is 10.1. The van der Waals surface area contributed by atoms with Crippen molar-refractivity contribution in [2.75, 3.05) is 6.16 Å². The molecule has 1 aliphatic rings. The molecule has 3 rings (SSSR count). The molecule has 0 bridgehead atoms. The van der Waals surface area contributed by atoms with Crippen LogP contribution in [-0.2, 0) is 0 Å². The Kier molecular flexibility index (Phi) is 4.55. The first kappa shape index (κ1) is 13.3. The average Bonchev–Trinajstić information content (AvgIpc) is 2.90. The monoisotopic (exact) mass is 256 g/mol. The van der Waals surface area contributed by atoms with Crippen LogP contribution in [0.4, 0.5) is 0 Å². The summed E-state index contributed by atoms with van der Waals surface area (Å²) in [5.41, 5.74) is 2.33. The van der Waals surface area contributed by atoms with Crippen LogP contribution < -0.4 is 5.30 Å². The lowest BCUT2D eigenvalue weighted by Gasteiger charge is -2.21. The van der Waals surface area contributed by atoms with Crippen molar-refractivity contribution in [1.82, 2.24) is 0 Å². The molecule has 1 fully saturated rings. The highest BCUT2D eigenvalue weighted by atomic mass is 31.1. The van der Waals surface area contributed by atoms with Gasteiger partial charge in [-0.15, -0.1) is 0 Å². The summed E-state index contributed by atoms with van der Waals surface area (Å²) in [7, 11) is 0.0201. The fourth-order valence-corrected chi connectivity index (χ4v) is 5.75. The molecule has 1 aliphatic heterocycles. The van der Waals surface area contributed by atoms with Crippen molar-refractivity contribution >= 4 is 13.2 Å². The minimum Gasteiger partial charge on any atom is -0.0776 e. The predicted molar refractivity (Wildman–Crippen MR) is 83.0 cm³/mol. The normalized spacial score (nSPS) is 22.4. The van der Waals surface area contributed by atoms with Crippen LogP contribution in [0.5, 0.6) is 0 Å². The first-order chi connectivity index (χ1) is 8.45. The van der Waals surface area contributed by atoms with E-state index in [0.717, 1.165) is 5.66 Å². The smallest absolute Gasteiger partial charge is 0.00820 e. The van der Waals surface area contributed by atoms with Gasteiger partial charge < -0.3 is 0 Å². The molecule has 1 saturated heterocycles. The molecule has 94 valence electrons. The minimum atomic E-state index is 0. The van der Waals surface area contributed by atoms with E-state index in [2.05, 4.69) is 60.7 Å². The second-order valence-electron chi connectivity index (χ2n) is 4.60.